The average molecular weight is 501 g/mol. The van der Waals surface area contributed by atoms with Crippen LogP contribution in [0.15, 0.2) is 72.3 Å². The number of rotatable bonds is 7. The van der Waals surface area contributed by atoms with E-state index in [1.165, 1.54) is 12.1 Å². The second-order valence-electron chi connectivity index (χ2n) is 6.63. The Balaban J connectivity index is 1.75. The van der Waals surface area contributed by atoms with Crippen molar-refractivity contribution in [3.8, 4) is 11.8 Å². The van der Waals surface area contributed by atoms with Crippen LogP contribution < -0.4 is 15.4 Å². The summed E-state index contributed by atoms with van der Waals surface area (Å²) in [6.07, 6.45) is 1.33. The van der Waals surface area contributed by atoms with E-state index in [1.54, 1.807) is 60.7 Å². The fraction of sp³-hybridized carbons (Fsp3) is 0.0417. The van der Waals surface area contributed by atoms with Gasteiger partial charge >= 0.3 is 0 Å². The number of hydrogen-bond donors (Lipinski definition) is 2. The molecule has 0 spiro atoms. The molecule has 0 heterocycles. The fourth-order valence-corrected chi connectivity index (χ4v) is 3.28. The minimum absolute atomic E-state index is 0.192. The van der Waals surface area contributed by atoms with Crippen molar-refractivity contribution < 1.29 is 14.3 Å². The van der Waals surface area contributed by atoms with Gasteiger partial charge in [0.2, 0.25) is 0 Å². The number of hydrogen-bond acceptors (Lipinski definition) is 4. The third kappa shape index (κ3) is 6.99. The number of anilines is 2. The molecule has 33 heavy (non-hydrogen) atoms. The zero-order chi connectivity index (χ0) is 23.8. The Morgan fingerprint density at radius 3 is 2.42 bits per heavy atom. The predicted molar refractivity (Wildman–Crippen MR) is 131 cm³/mol. The Morgan fingerprint density at radius 2 is 1.70 bits per heavy atom. The van der Waals surface area contributed by atoms with E-state index >= 15 is 0 Å². The van der Waals surface area contributed by atoms with E-state index in [-0.39, 0.29) is 17.9 Å². The number of halogens is 3. The second-order valence-corrected chi connectivity index (χ2v) is 7.91. The summed E-state index contributed by atoms with van der Waals surface area (Å²) in [6, 6.07) is 19.8. The maximum Gasteiger partial charge on any atom is 0.266 e. The molecular weight excluding hydrogens is 485 g/mol. The van der Waals surface area contributed by atoms with Crippen LogP contribution in [-0.2, 0) is 9.59 Å². The fourth-order valence-electron chi connectivity index (χ4n) is 2.72. The Bertz CT molecular complexity index is 1270. The third-order valence-electron chi connectivity index (χ3n) is 4.23. The quantitative estimate of drug-likeness (QED) is 0.298. The SMILES string of the molecule is N#C/C(=C/c1cc(Cl)ccc1OCC(=O)Nc1ccccc1Cl)C(=O)Nc1cccc(Cl)c1. The normalized spacial score (nSPS) is 10.8. The lowest BCUT2D eigenvalue weighted by Crippen LogP contribution is -2.20. The summed E-state index contributed by atoms with van der Waals surface area (Å²) in [5, 5.41) is 16.0. The van der Waals surface area contributed by atoms with Crippen LogP contribution in [0.1, 0.15) is 5.56 Å². The van der Waals surface area contributed by atoms with Crippen LogP contribution >= 0.6 is 34.8 Å². The van der Waals surface area contributed by atoms with Gasteiger partial charge in [0.05, 0.1) is 10.7 Å². The lowest BCUT2D eigenvalue weighted by molar-refractivity contribution is -0.118. The minimum atomic E-state index is -0.637. The van der Waals surface area contributed by atoms with E-state index in [0.29, 0.717) is 32.0 Å². The predicted octanol–water partition coefficient (Wildman–Crippen LogP) is 6.21. The molecule has 0 bridgehead atoms. The van der Waals surface area contributed by atoms with E-state index in [4.69, 9.17) is 39.5 Å². The van der Waals surface area contributed by atoms with Crippen molar-refractivity contribution in [3.63, 3.8) is 0 Å². The molecule has 0 radical (unpaired) electrons. The van der Waals surface area contributed by atoms with Crippen LogP contribution in [0.5, 0.6) is 5.75 Å². The topological polar surface area (TPSA) is 91.2 Å². The number of nitriles is 1. The molecule has 166 valence electrons. The van der Waals surface area contributed by atoms with Gasteiger partial charge in [0, 0.05) is 21.3 Å². The Kier molecular flexibility index (Phi) is 8.34. The molecule has 0 unspecified atom stereocenters. The zero-order valence-electron chi connectivity index (χ0n) is 16.9. The molecule has 2 N–H and O–H groups in total. The van der Waals surface area contributed by atoms with Crippen molar-refractivity contribution in [1.29, 1.82) is 5.26 Å². The minimum Gasteiger partial charge on any atom is -0.483 e. The maximum atomic E-state index is 12.6. The standard InChI is InChI=1S/C24H16Cl3N3O3/c25-17-4-3-5-19(12-17)29-24(32)16(13-28)10-15-11-18(26)8-9-22(15)33-14-23(31)30-21-7-2-1-6-20(21)27/h1-12H,14H2,(H,29,32)(H,30,31)/b16-10-. The molecule has 0 saturated carbocycles. The van der Waals surface area contributed by atoms with Crippen LogP contribution in [-0.4, -0.2) is 18.4 Å². The van der Waals surface area contributed by atoms with Gasteiger partial charge in [0.15, 0.2) is 6.61 Å². The monoisotopic (exact) mass is 499 g/mol. The zero-order valence-corrected chi connectivity index (χ0v) is 19.2. The van der Waals surface area contributed by atoms with Gasteiger partial charge in [-0.2, -0.15) is 5.26 Å². The van der Waals surface area contributed by atoms with Gasteiger partial charge in [-0.1, -0.05) is 53.0 Å². The molecule has 9 heteroatoms. The molecule has 0 atom stereocenters. The third-order valence-corrected chi connectivity index (χ3v) is 5.03. The molecular formula is C24H16Cl3N3O3. The largest absolute Gasteiger partial charge is 0.483 e. The Labute approximate surface area is 205 Å². The van der Waals surface area contributed by atoms with Crippen molar-refractivity contribution in [2.45, 2.75) is 0 Å². The van der Waals surface area contributed by atoms with E-state index in [2.05, 4.69) is 10.6 Å². The highest BCUT2D eigenvalue weighted by molar-refractivity contribution is 6.33. The molecule has 3 aromatic rings. The lowest BCUT2D eigenvalue weighted by Gasteiger charge is -2.11. The number of nitrogens with zero attached hydrogens (tertiary/aromatic N) is 1. The second kappa shape index (κ2) is 11.4. The van der Waals surface area contributed by atoms with Crippen molar-refractivity contribution in [2.75, 3.05) is 17.2 Å². The number of carbonyl (C=O) groups is 2. The van der Waals surface area contributed by atoms with Gasteiger partial charge in [-0.3, -0.25) is 9.59 Å². The Hall–Kier alpha value is -3.50. The molecule has 0 aromatic heterocycles. The van der Waals surface area contributed by atoms with E-state index in [1.807, 2.05) is 6.07 Å². The van der Waals surface area contributed by atoms with E-state index in [0.717, 1.165) is 0 Å². The lowest BCUT2D eigenvalue weighted by atomic mass is 10.1. The number of benzene rings is 3. The molecule has 0 saturated heterocycles. The van der Waals surface area contributed by atoms with Crippen molar-refractivity contribution >= 4 is 64.1 Å². The summed E-state index contributed by atoms with van der Waals surface area (Å²) in [5.74, 6) is -0.814. The van der Waals surface area contributed by atoms with Crippen LogP contribution in [0.3, 0.4) is 0 Å². The van der Waals surface area contributed by atoms with Crippen LogP contribution in [0.25, 0.3) is 6.08 Å². The van der Waals surface area contributed by atoms with E-state index in [9.17, 15) is 14.9 Å². The highest BCUT2D eigenvalue weighted by atomic mass is 35.5. The summed E-state index contributed by atoms with van der Waals surface area (Å²) in [5.41, 5.74) is 1.05. The van der Waals surface area contributed by atoms with Crippen molar-refractivity contribution in [3.05, 3.63) is 92.9 Å². The number of ether oxygens (including phenoxy) is 1. The summed E-state index contributed by atoms with van der Waals surface area (Å²) in [7, 11) is 0. The summed E-state index contributed by atoms with van der Waals surface area (Å²) in [6.45, 7) is -0.329. The molecule has 0 aliphatic rings. The molecule has 0 fully saturated rings. The smallest absolute Gasteiger partial charge is 0.266 e. The summed E-state index contributed by atoms with van der Waals surface area (Å²) >= 11 is 18.1. The summed E-state index contributed by atoms with van der Waals surface area (Å²) in [4.78, 5) is 24.8. The van der Waals surface area contributed by atoms with Crippen LogP contribution in [0.2, 0.25) is 15.1 Å². The number of amides is 2. The molecule has 0 aliphatic carbocycles. The van der Waals surface area contributed by atoms with Crippen molar-refractivity contribution in [1.82, 2.24) is 0 Å². The molecule has 6 nitrogen and oxygen atoms in total. The molecule has 0 aliphatic heterocycles. The van der Waals surface area contributed by atoms with Crippen LogP contribution in [0, 0.1) is 11.3 Å². The molecule has 3 aromatic carbocycles. The summed E-state index contributed by atoms with van der Waals surface area (Å²) < 4.78 is 5.61. The first-order valence-corrected chi connectivity index (χ1v) is 10.6. The maximum absolute atomic E-state index is 12.6. The number of para-hydroxylation sites is 1. The first-order valence-electron chi connectivity index (χ1n) is 9.51. The van der Waals surface area contributed by atoms with Gasteiger partial charge in [0.25, 0.3) is 11.8 Å². The highest BCUT2D eigenvalue weighted by Gasteiger charge is 2.13. The van der Waals surface area contributed by atoms with Crippen LogP contribution in [0.4, 0.5) is 11.4 Å². The number of nitrogens with one attached hydrogen (secondary N) is 2. The van der Waals surface area contributed by atoms with Gasteiger partial charge in [0.1, 0.15) is 17.4 Å². The first kappa shape index (κ1) is 24.1. The molecule has 2 amide bonds. The average Bonchev–Trinajstić information content (AvgIpc) is 2.78. The van der Waals surface area contributed by atoms with Gasteiger partial charge in [-0.05, 0) is 54.6 Å². The van der Waals surface area contributed by atoms with Gasteiger partial charge in [-0.25, -0.2) is 0 Å². The Morgan fingerprint density at radius 1 is 0.939 bits per heavy atom. The van der Waals surface area contributed by atoms with Crippen molar-refractivity contribution in [2.24, 2.45) is 0 Å². The van der Waals surface area contributed by atoms with Gasteiger partial charge < -0.3 is 15.4 Å². The van der Waals surface area contributed by atoms with Gasteiger partial charge in [-0.15, -0.1) is 0 Å². The van der Waals surface area contributed by atoms with E-state index < -0.39 is 11.8 Å². The number of carbonyl (C=O) groups excluding carboxylic acids is 2. The highest BCUT2D eigenvalue weighted by Crippen LogP contribution is 2.26. The molecule has 3 rings (SSSR count). The first-order chi connectivity index (χ1) is 15.9.